The molecule has 0 aliphatic carbocycles. The van der Waals surface area contributed by atoms with E-state index in [9.17, 15) is 10.1 Å². The number of morpholine rings is 2. The van der Waals surface area contributed by atoms with E-state index in [1.807, 2.05) is 23.1 Å². The molecule has 2 aliphatic heterocycles. The monoisotopic (exact) mass is 620 g/mol. The Bertz CT molecular complexity index is 1780. The molecule has 2 fully saturated rings. The van der Waals surface area contributed by atoms with Gasteiger partial charge in [-0.1, -0.05) is 18.7 Å². The molecule has 0 saturated carbocycles. The second kappa shape index (κ2) is 14.1. The van der Waals surface area contributed by atoms with Crippen LogP contribution in [0.25, 0.3) is 11.3 Å². The Balaban J connectivity index is 1.34. The van der Waals surface area contributed by atoms with Gasteiger partial charge in [-0.05, 0) is 54.6 Å². The average Bonchev–Trinajstić information content (AvgIpc) is 3.10. The first-order chi connectivity index (χ1) is 22.5. The minimum absolute atomic E-state index is 0.279. The molecule has 4 aromatic rings. The van der Waals surface area contributed by atoms with Gasteiger partial charge in [0, 0.05) is 48.8 Å². The highest BCUT2D eigenvalue weighted by Gasteiger charge is 2.18. The summed E-state index contributed by atoms with van der Waals surface area (Å²) in [6.45, 7) is 8.82. The van der Waals surface area contributed by atoms with E-state index >= 15 is 4.39 Å². The Hall–Kier alpha value is -5.51. The number of benzene rings is 3. The predicted octanol–water partition coefficient (Wildman–Crippen LogP) is 5.44. The number of nitrogens with zero attached hydrogens (tertiary/aromatic N) is 5. The molecular formula is C34H33FN8O3. The van der Waals surface area contributed by atoms with Crippen LogP contribution in [-0.4, -0.2) is 68.5 Å². The van der Waals surface area contributed by atoms with E-state index in [-0.39, 0.29) is 11.4 Å². The van der Waals surface area contributed by atoms with Crippen LogP contribution in [0.4, 0.5) is 44.5 Å². The summed E-state index contributed by atoms with van der Waals surface area (Å²) < 4.78 is 26.2. The van der Waals surface area contributed by atoms with Crippen LogP contribution < -0.4 is 25.8 Å². The summed E-state index contributed by atoms with van der Waals surface area (Å²) >= 11 is 0. The van der Waals surface area contributed by atoms with Gasteiger partial charge in [0.1, 0.15) is 11.9 Å². The molecule has 3 aromatic carbocycles. The highest BCUT2D eigenvalue weighted by molar-refractivity contribution is 6.00. The Morgan fingerprint density at radius 1 is 0.913 bits per heavy atom. The first-order valence-corrected chi connectivity index (χ1v) is 14.9. The van der Waals surface area contributed by atoms with E-state index < -0.39 is 5.91 Å². The van der Waals surface area contributed by atoms with Crippen LogP contribution in [0.15, 0.2) is 79.5 Å². The van der Waals surface area contributed by atoms with Gasteiger partial charge in [-0.3, -0.25) is 4.79 Å². The van der Waals surface area contributed by atoms with E-state index in [0.717, 1.165) is 30.5 Å². The number of amides is 1. The number of anilines is 7. The normalized spacial score (nSPS) is 14.7. The molecule has 12 heteroatoms. The first kappa shape index (κ1) is 30.5. The second-order valence-electron chi connectivity index (χ2n) is 10.7. The maximum atomic E-state index is 15.3. The predicted molar refractivity (Wildman–Crippen MR) is 176 cm³/mol. The van der Waals surface area contributed by atoms with Gasteiger partial charge in [0.05, 0.1) is 60.9 Å². The fraction of sp³-hybridized carbons (Fsp3) is 0.235. The lowest BCUT2D eigenvalue weighted by Gasteiger charge is -2.29. The Morgan fingerprint density at radius 2 is 1.65 bits per heavy atom. The summed E-state index contributed by atoms with van der Waals surface area (Å²) in [7, 11) is 0. The van der Waals surface area contributed by atoms with Crippen molar-refractivity contribution in [2.24, 2.45) is 0 Å². The lowest BCUT2D eigenvalue weighted by atomic mass is 10.1. The first-order valence-electron chi connectivity index (χ1n) is 14.9. The van der Waals surface area contributed by atoms with Crippen LogP contribution in [0.1, 0.15) is 5.56 Å². The molecule has 3 N–H and O–H groups in total. The smallest absolute Gasteiger partial charge is 0.247 e. The largest absolute Gasteiger partial charge is 0.378 e. The molecule has 234 valence electrons. The third-order valence-corrected chi connectivity index (χ3v) is 7.70. The molecule has 6 rings (SSSR count). The van der Waals surface area contributed by atoms with Gasteiger partial charge < -0.3 is 35.2 Å². The van der Waals surface area contributed by atoms with Gasteiger partial charge in [-0.2, -0.15) is 5.26 Å². The van der Waals surface area contributed by atoms with Crippen molar-refractivity contribution in [3.63, 3.8) is 0 Å². The van der Waals surface area contributed by atoms with Crippen molar-refractivity contribution in [3.8, 4) is 17.3 Å². The van der Waals surface area contributed by atoms with Crippen LogP contribution in [0.3, 0.4) is 0 Å². The van der Waals surface area contributed by atoms with Gasteiger partial charge in [0.25, 0.3) is 0 Å². The van der Waals surface area contributed by atoms with Crippen LogP contribution >= 0.6 is 0 Å². The minimum atomic E-state index is -0.451. The molecule has 2 aliphatic rings. The summed E-state index contributed by atoms with van der Waals surface area (Å²) in [4.78, 5) is 25.7. The molecular weight excluding hydrogens is 587 g/mol. The third-order valence-electron chi connectivity index (χ3n) is 7.70. The molecule has 0 unspecified atom stereocenters. The van der Waals surface area contributed by atoms with Crippen molar-refractivity contribution in [1.82, 2.24) is 9.97 Å². The quantitative estimate of drug-likeness (QED) is 0.208. The lowest BCUT2D eigenvalue weighted by molar-refractivity contribution is -0.111. The number of hydrogen-bond donors (Lipinski definition) is 3. The number of aromatic nitrogens is 2. The average molecular weight is 621 g/mol. The summed E-state index contributed by atoms with van der Waals surface area (Å²) in [5.41, 5.74) is 5.03. The van der Waals surface area contributed by atoms with Crippen LogP contribution in [0, 0.1) is 17.1 Å². The maximum absolute atomic E-state index is 15.3. The standard InChI is InChI=1S/C34H33FN8O3/c1-2-32(44)40-29-18-23(6-7-24(29)21-36)33-30(38-26-8-9-31(28(35)20-26)43-12-16-46-17-13-43)22-37-34(41-33)39-25-4-3-5-27(19-25)42-10-14-45-15-11-42/h2-9,18-20,22,38H,1,10-17H2,(H,40,44)(H,37,39,41). The number of halogens is 1. The van der Waals surface area contributed by atoms with Crippen molar-refractivity contribution in [3.05, 3.63) is 90.9 Å². The van der Waals surface area contributed by atoms with Crippen molar-refractivity contribution in [1.29, 1.82) is 5.26 Å². The van der Waals surface area contributed by atoms with Gasteiger partial charge in [0.15, 0.2) is 0 Å². The fourth-order valence-electron chi connectivity index (χ4n) is 5.36. The number of carbonyl (C=O) groups excluding carboxylic acids is 1. The molecule has 2 saturated heterocycles. The number of rotatable bonds is 9. The highest BCUT2D eigenvalue weighted by atomic mass is 19.1. The number of nitriles is 1. The molecule has 0 radical (unpaired) electrons. The van der Waals surface area contributed by atoms with E-state index in [2.05, 4.69) is 44.5 Å². The van der Waals surface area contributed by atoms with Crippen molar-refractivity contribution < 1.29 is 18.7 Å². The van der Waals surface area contributed by atoms with Crippen molar-refractivity contribution >= 4 is 46.0 Å². The fourth-order valence-corrected chi connectivity index (χ4v) is 5.36. The van der Waals surface area contributed by atoms with Gasteiger partial charge in [0.2, 0.25) is 11.9 Å². The lowest BCUT2D eigenvalue weighted by Crippen LogP contribution is -2.36. The van der Waals surface area contributed by atoms with Gasteiger partial charge >= 0.3 is 0 Å². The number of carbonyl (C=O) groups is 1. The molecule has 46 heavy (non-hydrogen) atoms. The highest BCUT2D eigenvalue weighted by Crippen LogP contribution is 2.34. The Labute approximate surface area is 266 Å². The topological polar surface area (TPSA) is 128 Å². The van der Waals surface area contributed by atoms with Crippen molar-refractivity contribution in [2.45, 2.75) is 0 Å². The van der Waals surface area contributed by atoms with Crippen LogP contribution in [0.5, 0.6) is 0 Å². The maximum Gasteiger partial charge on any atom is 0.247 e. The third kappa shape index (κ3) is 7.07. The number of ether oxygens (including phenoxy) is 2. The van der Waals surface area contributed by atoms with Crippen molar-refractivity contribution in [2.75, 3.05) is 78.4 Å². The summed E-state index contributed by atoms with van der Waals surface area (Å²) in [5.74, 6) is -0.483. The molecule has 0 atom stereocenters. The number of nitrogens with one attached hydrogen (secondary N) is 3. The van der Waals surface area contributed by atoms with Gasteiger partial charge in [-0.25, -0.2) is 14.4 Å². The van der Waals surface area contributed by atoms with E-state index in [0.29, 0.717) is 79.5 Å². The summed E-state index contributed by atoms with van der Waals surface area (Å²) in [6, 6.07) is 20.1. The molecule has 0 bridgehead atoms. The molecule has 11 nitrogen and oxygen atoms in total. The molecule has 3 heterocycles. The van der Waals surface area contributed by atoms with E-state index in [1.165, 1.54) is 6.07 Å². The van der Waals surface area contributed by atoms with E-state index in [1.54, 1.807) is 36.5 Å². The minimum Gasteiger partial charge on any atom is -0.378 e. The zero-order chi connectivity index (χ0) is 31.9. The van der Waals surface area contributed by atoms with Crippen LogP contribution in [-0.2, 0) is 14.3 Å². The summed E-state index contributed by atoms with van der Waals surface area (Å²) in [6.07, 6.45) is 2.75. The van der Waals surface area contributed by atoms with Gasteiger partial charge in [-0.15, -0.1) is 0 Å². The zero-order valence-electron chi connectivity index (χ0n) is 25.1. The molecule has 1 aromatic heterocycles. The number of hydrogen-bond acceptors (Lipinski definition) is 10. The zero-order valence-corrected chi connectivity index (χ0v) is 25.1. The molecule has 0 spiro atoms. The Morgan fingerprint density at radius 3 is 2.37 bits per heavy atom. The second-order valence-corrected chi connectivity index (χ2v) is 10.7. The Kier molecular flexibility index (Phi) is 9.33. The SMILES string of the molecule is C=CC(=O)Nc1cc(-c2nc(Nc3cccc(N4CCOCC4)c3)ncc2Nc2ccc(N3CCOCC3)c(F)c2)ccc1C#N. The van der Waals surface area contributed by atoms with Crippen LogP contribution in [0.2, 0.25) is 0 Å². The molecule has 1 amide bonds. The van der Waals surface area contributed by atoms with E-state index in [4.69, 9.17) is 14.5 Å². The summed E-state index contributed by atoms with van der Waals surface area (Å²) in [5, 5.41) is 18.9.